The molecule has 3 rings (SSSR count). The van der Waals surface area contributed by atoms with Crippen LogP contribution in [-0.2, 0) is 0 Å². The van der Waals surface area contributed by atoms with Crippen molar-refractivity contribution in [2.75, 3.05) is 26.2 Å². The zero-order valence-corrected chi connectivity index (χ0v) is 14.8. The molecule has 2 heterocycles. The van der Waals surface area contributed by atoms with Crippen LogP contribution in [0.4, 0.5) is 13.2 Å². The van der Waals surface area contributed by atoms with E-state index in [9.17, 15) is 13.2 Å². The van der Waals surface area contributed by atoms with E-state index >= 15 is 0 Å². The molecular weight excluding hydrogens is 399 g/mol. The maximum atomic E-state index is 12.3. The highest BCUT2D eigenvalue weighted by atomic mass is 79.9. The molecule has 0 amide bonds. The minimum atomic E-state index is -4.69. The topological polar surface area (TPSA) is 37.4 Å². The van der Waals surface area contributed by atoms with Gasteiger partial charge in [-0.25, -0.2) is 4.98 Å². The lowest BCUT2D eigenvalue weighted by molar-refractivity contribution is -0.274. The summed E-state index contributed by atoms with van der Waals surface area (Å²) in [6.45, 7) is 3.44. The zero-order valence-electron chi connectivity index (χ0n) is 13.3. The molecule has 0 unspecified atom stereocenters. The fourth-order valence-corrected chi connectivity index (χ4v) is 3.19. The van der Waals surface area contributed by atoms with Crippen molar-refractivity contribution in [2.24, 2.45) is 0 Å². The van der Waals surface area contributed by atoms with Crippen molar-refractivity contribution in [1.82, 2.24) is 15.2 Å². The van der Waals surface area contributed by atoms with Crippen LogP contribution in [0, 0.1) is 0 Å². The summed E-state index contributed by atoms with van der Waals surface area (Å²) in [4.78, 5) is 6.58. The van der Waals surface area contributed by atoms with Gasteiger partial charge in [0.2, 0.25) is 0 Å². The average Bonchev–Trinajstić information content (AvgIpc) is 2.58. The second-order valence-electron chi connectivity index (χ2n) is 5.72. The number of ether oxygens (including phenoxy) is 1. The molecule has 4 nitrogen and oxygen atoms in total. The second kappa shape index (κ2) is 7.72. The molecule has 1 atom stereocenters. The van der Waals surface area contributed by atoms with Crippen molar-refractivity contribution in [3.63, 3.8) is 0 Å². The lowest BCUT2D eigenvalue weighted by Crippen LogP contribution is -2.45. The number of hydrogen-bond donors (Lipinski definition) is 1. The molecule has 1 aliphatic rings. The molecule has 1 aromatic heterocycles. The molecule has 0 spiro atoms. The summed E-state index contributed by atoms with van der Waals surface area (Å²) in [5.74, 6) is -0.218. The number of aromatic nitrogens is 1. The Morgan fingerprint density at radius 1 is 1.04 bits per heavy atom. The summed E-state index contributed by atoms with van der Waals surface area (Å²) in [6, 6.07) is 9.83. The Morgan fingerprint density at radius 3 is 2.24 bits per heavy atom. The van der Waals surface area contributed by atoms with Crippen LogP contribution in [0.3, 0.4) is 0 Å². The third kappa shape index (κ3) is 4.93. The third-order valence-electron chi connectivity index (χ3n) is 4.01. The van der Waals surface area contributed by atoms with Gasteiger partial charge >= 0.3 is 6.36 Å². The number of benzene rings is 1. The maximum Gasteiger partial charge on any atom is 0.573 e. The van der Waals surface area contributed by atoms with Gasteiger partial charge in [0.05, 0.1) is 6.04 Å². The molecule has 0 bridgehead atoms. The highest BCUT2D eigenvalue weighted by Crippen LogP contribution is 2.31. The Kier molecular flexibility index (Phi) is 5.61. The number of nitrogens with zero attached hydrogens (tertiary/aromatic N) is 2. The molecule has 0 radical (unpaired) electrons. The first-order valence-electron chi connectivity index (χ1n) is 7.84. The summed E-state index contributed by atoms with van der Waals surface area (Å²) < 4.78 is 41.7. The number of rotatable bonds is 4. The van der Waals surface area contributed by atoms with Gasteiger partial charge in [0, 0.05) is 32.4 Å². The fraction of sp³-hybridized carbons (Fsp3) is 0.353. The average molecular weight is 416 g/mol. The van der Waals surface area contributed by atoms with Gasteiger partial charge in [-0.3, -0.25) is 4.90 Å². The lowest BCUT2D eigenvalue weighted by atomic mass is 9.97. The van der Waals surface area contributed by atoms with Crippen LogP contribution in [-0.4, -0.2) is 42.4 Å². The van der Waals surface area contributed by atoms with Gasteiger partial charge < -0.3 is 10.1 Å². The predicted molar refractivity (Wildman–Crippen MR) is 91.3 cm³/mol. The van der Waals surface area contributed by atoms with E-state index in [0.717, 1.165) is 41.9 Å². The van der Waals surface area contributed by atoms with Crippen molar-refractivity contribution in [3.05, 3.63) is 58.3 Å². The highest BCUT2D eigenvalue weighted by Gasteiger charge is 2.31. The van der Waals surface area contributed by atoms with Crippen LogP contribution >= 0.6 is 15.9 Å². The van der Waals surface area contributed by atoms with Crippen molar-refractivity contribution in [1.29, 1.82) is 0 Å². The van der Waals surface area contributed by atoms with E-state index in [1.807, 2.05) is 12.1 Å². The molecule has 1 aliphatic heterocycles. The normalized spacial score (nSPS) is 17.3. The van der Waals surface area contributed by atoms with Gasteiger partial charge in [-0.1, -0.05) is 18.2 Å². The van der Waals surface area contributed by atoms with E-state index in [0.29, 0.717) is 0 Å². The first-order chi connectivity index (χ1) is 11.9. The first kappa shape index (κ1) is 18.2. The van der Waals surface area contributed by atoms with Crippen LogP contribution in [0.5, 0.6) is 5.75 Å². The fourth-order valence-electron chi connectivity index (χ4n) is 2.96. The number of halogens is 4. The van der Waals surface area contributed by atoms with E-state index in [2.05, 4.69) is 35.9 Å². The van der Waals surface area contributed by atoms with Gasteiger partial charge in [0.25, 0.3) is 0 Å². The minimum absolute atomic E-state index is 0.0670. The predicted octanol–water partition coefficient (Wildman–Crippen LogP) is 3.74. The van der Waals surface area contributed by atoms with E-state index < -0.39 is 6.36 Å². The van der Waals surface area contributed by atoms with E-state index in [4.69, 9.17) is 0 Å². The Morgan fingerprint density at radius 2 is 1.68 bits per heavy atom. The lowest BCUT2D eigenvalue weighted by Gasteiger charge is -2.35. The molecule has 2 aromatic rings. The summed E-state index contributed by atoms with van der Waals surface area (Å²) in [6.07, 6.45) is -2.90. The Balaban J connectivity index is 1.89. The highest BCUT2D eigenvalue weighted by molar-refractivity contribution is 9.10. The molecule has 1 saturated heterocycles. The molecule has 1 aromatic carbocycles. The standard InChI is InChI=1S/C17H17BrF3N3O/c18-15-6-3-13(11-23-15)16(24-9-7-22-8-10-24)12-1-4-14(5-2-12)25-17(19,20)21/h1-6,11,16,22H,7-10H2/t16-/m0/s1. The third-order valence-corrected chi connectivity index (χ3v) is 4.48. The molecule has 0 aliphatic carbocycles. The number of piperazine rings is 1. The summed E-state index contributed by atoms with van der Waals surface area (Å²) in [7, 11) is 0. The summed E-state index contributed by atoms with van der Waals surface area (Å²) >= 11 is 3.33. The van der Waals surface area contributed by atoms with Crippen molar-refractivity contribution in [3.8, 4) is 5.75 Å². The van der Waals surface area contributed by atoms with E-state index in [1.165, 1.54) is 12.1 Å². The van der Waals surface area contributed by atoms with E-state index in [-0.39, 0.29) is 11.8 Å². The smallest absolute Gasteiger partial charge is 0.406 e. The van der Waals surface area contributed by atoms with Crippen LogP contribution in [0.25, 0.3) is 0 Å². The molecule has 1 fully saturated rings. The zero-order chi connectivity index (χ0) is 17.9. The van der Waals surface area contributed by atoms with Gasteiger partial charge in [-0.2, -0.15) is 0 Å². The molecule has 25 heavy (non-hydrogen) atoms. The quantitative estimate of drug-likeness (QED) is 0.771. The van der Waals surface area contributed by atoms with Gasteiger partial charge in [0.15, 0.2) is 0 Å². The number of alkyl halides is 3. The van der Waals surface area contributed by atoms with Gasteiger partial charge in [0.1, 0.15) is 10.4 Å². The summed E-state index contributed by atoms with van der Waals surface area (Å²) in [5.41, 5.74) is 1.90. The molecule has 8 heteroatoms. The number of nitrogens with one attached hydrogen (secondary N) is 1. The van der Waals surface area contributed by atoms with Crippen molar-refractivity contribution >= 4 is 15.9 Å². The van der Waals surface area contributed by atoms with Gasteiger partial charge in [-0.05, 0) is 45.3 Å². The molecule has 1 N–H and O–H groups in total. The van der Waals surface area contributed by atoms with Crippen LogP contribution < -0.4 is 10.1 Å². The number of hydrogen-bond acceptors (Lipinski definition) is 4. The minimum Gasteiger partial charge on any atom is -0.406 e. The van der Waals surface area contributed by atoms with Crippen LogP contribution in [0.1, 0.15) is 17.2 Å². The molecule has 0 saturated carbocycles. The largest absolute Gasteiger partial charge is 0.573 e. The number of pyridine rings is 1. The van der Waals surface area contributed by atoms with Crippen LogP contribution in [0.2, 0.25) is 0 Å². The molecule has 134 valence electrons. The Labute approximate surface area is 152 Å². The SMILES string of the molecule is FC(F)(F)Oc1ccc([C@@H](c2ccc(Br)nc2)N2CCNCC2)cc1. The second-order valence-corrected chi connectivity index (χ2v) is 6.53. The maximum absolute atomic E-state index is 12.3. The Bertz CT molecular complexity index is 686. The van der Waals surface area contributed by atoms with Crippen molar-refractivity contribution < 1.29 is 17.9 Å². The Hall–Kier alpha value is -1.64. The first-order valence-corrected chi connectivity index (χ1v) is 8.63. The summed E-state index contributed by atoms with van der Waals surface area (Å²) in [5, 5.41) is 3.31. The monoisotopic (exact) mass is 415 g/mol. The van der Waals surface area contributed by atoms with Crippen LogP contribution in [0.15, 0.2) is 47.2 Å². The van der Waals surface area contributed by atoms with E-state index in [1.54, 1.807) is 18.3 Å². The van der Waals surface area contributed by atoms with Crippen molar-refractivity contribution in [2.45, 2.75) is 12.4 Å². The van der Waals surface area contributed by atoms with Gasteiger partial charge in [-0.15, -0.1) is 13.2 Å². The molecular formula is C17H17BrF3N3O.